The Morgan fingerprint density at radius 1 is 1.67 bits per heavy atom. The quantitative estimate of drug-likeness (QED) is 0.674. The molecular formula is C11H16N2O2. The van der Waals surface area contributed by atoms with Gasteiger partial charge >= 0.3 is 0 Å². The van der Waals surface area contributed by atoms with Crippen LogP contribution in [0.1, 0.15) is 18.6 Å². The Labute approximate surface area is 89.0 Å². The van der Waals surface area contributed by atoms with Gasteiger partial charge < -0.3 is 20.9 Å². The molecule has 0 aliphatic carbocycles. The molecule has 82 valence electrons. The minimum Gasteiger partial charge on any atom is -0.487 e. The highest BCUT2D eigenvalue weighted by Gasteiger charge is 2.16. The molecule has 1 aliphatic rings. The Morgan fingerprint density at radius 3 is 3.20 bits per heavy atom. The number of rotatable bonds is 2. The first-order valence-corrected chi connectivity index (χ1v) is 5.13. The Hall–Kier alpha value is -1.26. The lowest BCUT2D eigenvalue weighted by atomic mass is 10.1. The van der Waals surface area contributed by atoms with Crippen LogP contribution >= 0.6 is 0 Å². The summed E-state index contributed by atoms with van der Waals surface area (Å²) in [4.78, 5) is 0. The fourth-order valence-electron chi connectivity index (χ4n) is 1.64. The van der Waals surface area contributed by atoms with Crippen LogP contribution in [0.25, 0.3) is 0 Å². The van der Waals surface area contributed by atoms with Crippen LogP contribution in [0, 0.1) is 0 Å². The van der Waals surface area contributed by atoms with E-state index in [2.05, 4.69) is 5.32 Å². The molecule has 2 atom stereocenters. The normalized spacial score (nSPS) is 21.1. The molecule has 2 rings (SSSR count). The maximum Gasteiger partial charge on any atom is 0.142 e. The Kier molecular flexibility index (Phi) is 2.79. The summed E-state index contributed by atoms with van der Waals surface area (Å²) in [5.41, 5.74) is 7.15. The van der Waals surface area contributed by atoms with E-state index in [0.29, 0.717) is 0 Å². The largest absolute Gasteiger partial charge is 0.487 e. The molecule has 0 bridgehead atoms. The summed E-state index contributed by atoms with van der Waals surface area (Å²) < 4.78 is 5.62. The van der Waals surface area contributed by atoms with E-state index in [-0.39, 0.29) is 12.6 Å². The van der Waals surface area contributed by atoms with Gasteiger partial charge in [0.1, 0.15) is 11.9 Å². The highest BCUT2D eigenvalue weighted by molar-refractivity contribution is 5.59. The third-order valence-electron chi connectivity index (χ3n) is 2.52. The molecule has 2 unspecified atom stereocenters. The number of nitrogens with one attached hydrogen (secondary N) is 1. The van der Waals surface area contributed by atoms with Crippen LogP contribution in [0.15, 0.2) is 18.2 Å². The predicted molar refractivity (Wildman–Crippen MR) is 59.0 cm³/mol. The number of fused-ring (bicyclic) bond motifs is 1. The van der Waals surface area contributed by atoms with Gasteiger partial charge in [-0.3, -0.25) is 0 Å². The molecule has 4 N–H and O–H groups in total. The average molecular weight is 208 g/mol. The molecule has 0 saturated carbocycles. The minimum atomic E-state index is -0.601. The summed E-state index contributed by atoms with van der Waals surface area (Å²) in [6.45, 7) is 3.03. The van der Waals surface area contributed by atoms with Crippen LogP contribution in [-0.4, -0.2) is 24.3 Å². The van der Waals surface area contributed by atoms with E-state index >= 15 is 0 Å². The average Bonchev–Trinajstić information content (AvgIpc) is 2.27. The van der Waals surface area contributed by atoms with E-state index in [1.54, 1.807) is 0 Å². The number of hydrogen-bond acceptors (Lipinski definition) is 4. The fourth-order valence-corrected chi connectivity index (χ4v) is 1.64. The zero-order chi connectivity index (χ0) is 10.8. The first-order valence-electron chi connectivity index (χ1n) is 5.13. The molecule has 0 radical (unpaired) electrons. The summed E-state index contributed by atoms with van der Waals surface area (Å²) in [5.74, 6) is 0.835. The third-order valence-corrected chi connectivity index (χ3v) is 2.52. The number of ether oxygens (including phenoxy) is 1. The molecule has 0 spiro atoms. The van der Waals surface area contributed by atoms with Crippen LogP contribution < -0.4 is 15.8 Å². The van der Waals surface area contributed by atoms with Gasteiger partial charge in [0.2, 0.25) is 0 Å². The Bertz CT molecular complexity index is 354. The molecule has 0 amide bonds. The monoisotopic (exact) mass is 208 g/mol. The van der Waals surface area contributed by atoms with Crippen molar-refractivity contribution in [2.75, 3.05) is 18.4 Å². The minimum absolute atomic E-state index is 0.183. The third kappa shape index (κ3) is 2.06. The fraction of sp³-hybridized carbons (Fsp3) is 0.455. The van der Waals surface area contributed by atoms with Crippen LogP contribution in [0.2, 0.25) is 0 Å². The van der Waals surface area contributed by atoms with Gasteiger partial charge in [0.15, 0.2) is 0 Å². The topological polar surface area (TPSA) is 67.5 Å². The van der Waals surface area contributed by atoms with Crippen LogP contribution in [0.4, 0.5) is 5.69 Å². The molecule has 1 aromatic carbocycles. The van der Waals surface area contributed by atoms with Crippen molar-refractivity contribution in [3.63, 3.8) is 0 Å². The summed E-state index contributed by atoms with van der Waals surface area (Å²) in [7, 11) is 0. The SMILES string of the molecule is CC1CNc2cc(C(O)CN)ccc2O1. The molecule has 4 nitrogen and oxygen atoms in total. The van der Waals surface area contributed by atoms with Crippen molar-refractivity contribution in [1.29, 1.82) is 0 Å². The van der Waals surface area contributed by atoms with E-state index < -0.39 is 6.10 Å². The van der Waals surface area contributed by atoms with Crippen LogP contribution in [0.5, 0.6) is 5.75 Å². The van der Waals surface area contributed by atoms with Crippen LogP contribution in [-0.2, 0) is 0 Å². The van der Waals surface area contributed by atoms with Crippen molar-refractivity contribution in [3.05, 3.63) is 23.8 Å². The van der Waals surface area contributed by atoms with Gasteiger partial charge in [-0.2, -0.15) is 0 Å². The molecule has 4 heteroatoms. The molecule has 15 heavy (non-hydrogen) atoms. The number of anilines is 1. The molecule has 0 fully saturated rings. The number of benzene rings is 1. The van der Waals surface area contributed by atoms with Gasteiger partial charge in [0, 0.05) is 6.54 Å². The molecule has 1 aliphatic heterocycles. The van der Waals surface area contributed by atoms with Gasteiger partial charge in [-0.1, -0.05) is 6.07 Å². The second kappa shape index (κ2) is 4.08. The smallest absolute Gasteiger partial charge is 0.142 e. The van der Waals surface area contributed by atoms with Crippen molar-refractivity contribution in [2.24, 2.45) is 5.73 Å². The van der Waals surface area contributed by atoms with E-state index in [0.717, 1.165) is 23.5 Å². The van der Waals surface area contributed by atoms with Gasteiger partial charge in [0.05, 0.1) is 18.3 Å². The second-order valence-corrected chi connectivity index (χ2v) is 3.82. The van der Waals surface area contributed by atoms with Crippen molar-refractivity contribution < 1.29 is 9.84 Å². The Balaban J connectivity index is 2.26. The van der Waals surface area contributed by atoms with E-state index in [9.17, 15) is 5.11 Å². The molecule has 0 aromatic heterocycles. The van der Waals surface area contributed by atoms with Crippen molar-refractivity contribution in [3.8, 4) is 5.75 Å². The standard InChI is InChI=1S/C11H16N2O2/c1-7-6-13-9-4-8(10(14)5-12)2-3-11(9)15-7/h2-4,7,10,13-14H,5-6,12H2,1H3. The lowest BCUT2D eigenvalue weighted by molar-refractivity contribution is 0.186. The highest BCUT2D eigenvalue weighted by atomic mass is 16.5. The Morgan fingerprint density at radius 2 is 2.47 bits per heavy atom. The molecule has 1 aromatic rings. The lowest BCUT2D eigenvalue weighted by Crippen LogP contribution is -2.27. The van der Waals surface area contributed by atoms with Crippen molar-refractivity contribution >= 4 is 5.69 Å². The first kappa shape index (κ1) is 10.3. The number of hydrogen-bond donors (Lipinski definition) is 3. The van der Waals surface area contributed by atoms with Crippen LogP contribution in [0.3, 0.4) is 0 Å². The maximum absolute atomic E-state index is 9.59. The number of nitrogens with two attached hydrogens (primary N) is 1. The van der Waals surface area contributed by atoms with Gasteiger partial charge in [0.25, 0.3) is 0 Å². The summed E-state index contributed by atoms with van der Waals surface area (Å²) in [6.07, 6.45) is -0.417. The summed E-state index contributed by atoms with van der Waals surface area (Å²) in [6, 6.07) is 5.60. The zero-order valence-corrected chi connectivity index (χ0v) is 8.73. The zero-order valence-electron chi connectivity index (χ0n) is 8.73. The molecule has 1 heterocycles. The van der Waals surface area contributed by atoms with Gasteiger partial charge in [-0.05, 0) is 24.6 Å². The van der Waals surface area contributed by atoms with Crippen molar-refractivity contribution in [1.82, 2.24) is 0 Å². The maximum atomic E-state index is 9.59. The van der Waals surface area contributed by atoms with Gasteiger partial charge in [-0.15, -0.1) is 0 Å². The molecular weight excluding hydrogens is 192 g/mol. The van der Waals surface area contributed by atoms with Gasteiger partial charge in [-0.25, -0.2) is 0 Å². The van der Waals surface area contributed by atoms with E-state index in [4.69, 9.17) is 10.5 Å². The lowest BCUT2D eigenvalue weighted by Gasteiger charge is -2.25. The number of aliphatic hydroxyl groups is 1. The summed E-state index contributed by atoms with van der Waals surface area (Å²) in [5, 5.41) is 12.8. The first-order chi connectivity index (χ1) is 7.20. The molecule has 0 saturated heterocycles. The summed E-state index contributed by atoms with van der Waals surface area (Å²) >= 11 is 0. The van der Waals surface area contributed by atoms with E-state index in [1.165, 1.54) is 0 Å². The van der Waals surface area contributed by atoms with Crippen molar-refractivity contribution in [2.45, 2.75) is 19.1 Å². The number of aliphatic hydroxyl groups excluding tert-OH is 1. The highest BCUT2D eigenvalue weighted by Crippen LogP contribution is 2.31. The predicted octanol–water partition coefficient (Wildman–Crippen LogP) is 0.871. The van der Waals surface area contributed by atoms with E-state index in [1.807, 2.05) is 25.1 Å². The second-order valence-electron chi connectivity index (χ2n) is 3.82.